The van der Waals surface area contributed by atoms with Gasteiger partial charge in [-0.05, 0) is 55.9 Å². The lowest BCUT2D eigenvalue weighted by Crippen LogP contribution is -2.46. The van der Waals surface area contributed by atoms with Gasteiger partial charge in [-0.3, -0.25) is 14.9 Å². The van der Waals surface area contributed by atoms with Crippen LogP contribution in [-0.2, 0) is 27.4 Å². The van der Waals surface area contributed by atoms with E-state index in [2.05, 4.69) is 11.4 Å². The standard InChI is InChI=1S/C22H27NO4/c1-15-9-10-18(13-16(15)2)11-12-20(21(24)25)23-17(3)22(26)27-14-19-7-5-4-6-8-19/h4-10,13,17,20,23H,11-12,14H2,1-3H3,(H,24,25)/t17-,20+/m1/s1. The van der Waals surface area contributed by atoms with E-state index in [1.165, 1.54) is 11.1 Å². The molecule has 0 bridgehead atoms. The molecule has 0 radical (unpaired) electrons. The molecule has 0 saturated carbocycles. The predicted molar refractivity (Wildman–Crippen MR) is 104 cm³/mol. The summed E-state index contributed by atoms with van der Waals surface area (Å²) in [7, 11) is 0. The van der Waals surface area contributed by atoms with Gasteiger partial charge in [-0.25, -0.2) is 0 Å². The van der Waals surface area contributed by atoms with Crippen LogP contribution in [0.1, 0.15) is 35.6 Å². The minimum Gasteiger partial charge on any atom is -0.480 e. The molecule has 27 heavy (non-hydrogen) atoms. The Morgan fingerprint density at radius 1 is 1.04 bits per heavy atom. The Labute approximate surface area is 160 Å². The molecule has 2 N–H and O–H groups in total. The topological polar surface area (TPSA) is 75.6 Å². The maximum Gasteiger partial charge on any atom is 0.323 e. The fourth-order valence-corrected chi connectivity index (χ4v) is 2.77. The molecule has 0 aliphatic rings. The summed E-state index contributed by atoms with van der Waals surface area (Å²) >= 11 is 0. The van der Waals surface area contributed by atoms with Crippen LogP contribution < -0.4 is 5.32 Å². The first-order chi connectivity index (χ1) is 12.9. The first kappa shape index (κ1) is 20.6. The minimum atomic E-state index is -0.971. The van der Waals surface area contributed by atoms with E-state index in [0.717, 1.165) is 11.1 Å². The van der Waals surface area contributed by atoms with Crippen molar-refractivity contribution in [1.82, 2.24) is 5.32 Å². The molecule has 0 aliphatic heterocycles. The zero-order chi connectivity index (χ0) is 19.8. The van der Waals surface area contributed by atoms with Crippen molar-refractivity contribution >= 4 is 11.9 Å². The van der Waals surface area contributed by atoms with E-state index in [0.29, 0.717) is 12.8 Å². The number of benzene rings is 2. The van der Waals surface area contributed by atoms with Crippen molar-refractivity contribution in [2.45, 2.75) is 52.3 Å². The van der Waals surface area contributed by atoms with E-state index in [9.17, 15) is 14.7 Å². The van der Waals surface area contributed by atoms with Gasteiger partial charge in [0.2, 0.25) is 0 Å². The summed E-state index contributed by atoms with van der Waals surface area (Å²) in [6, 6.07) is 14.0. The Morgan fingerprint density at radius 2 is 1.74 bits per heavy atom. The second-order valence-corrected chi connectivity index (χ2v) is 6.83. The Balaban J connectivity index is 1.87. The molecule has 0 fully saturated rings. The highest BCUT2D eigenvalue weighted by Gasteiger charge is 2.24. The van der Waals surface area contributed by atoms with E-state index in [1.807, 2.05) is 56.3 Å². The maximum absolute atomic E-state index is 12.2. The van der Waals surface area contributed by atoms with Crippen LogP contribution in [0.15, 0.2) is 48.5 Å². The molecule has 0 aliphatic carbocycles. The van der Waals surface area contributed by atoms with Crippen molar-refractivity contribution in [2.24, 2.45) is 0 Å². The van der Waals surface area contributed by atoms with Gasteiger partial charge in [0.25, 0.3) is 0 Å². The second-order valence-electron chi connectivity index (χ2n) is 6.83. The van der Waals surface area contributed by atoms with Crippen molar-refractivity contribution < 1.29 is 19.4 Å². The van der Waals surface area contributed by atoms with Crippen LogP contribution in [0.3, 0.4) is 0 Å². The zero-order valence-corrected chi connectivity index (χ0v) is 16.1. The van der Waals surface area contributed by atoms with Crippen LogP contribution in [0.5, 0.6) is 0 Å². The highest BCUT2D eigenvalue weighted by molar-refractivity contribution is 5.78. The van der Waals surface area contributed by atoms with Crippen LogP contribution in [0.4, 0.5) is 0 Å². The van der Waals surface area contributed by atoms with Gasteiger partial charge in [0.1, 0.15) is 18.7 Å². The summed E-state index contributed by atoms with van der Waals surface area (Å²) in [6.45, 7) is 5.88. The monoisotopic (exact) mass is 369 g/mol. The normalized spacial score (nSPS) is 13.0. The molecule has 0 saturated heterocycles. The van der Waals surface area contributed by atoms with Crippen LogP contribution in [0.2, 0.25) is 0 Å². The third kappa shape index (κ3) is 6.53. The van der Waals surface area contributed by atoms with Crippen molar-refractivity contribution in [1.29, 1.82) is 0 Å². The smallest absolute Gasteiger partial charge is 0.323 e. The summed E-state index contributed by atoms with van der Waals surface area (Å²) in [4.78, 5) is 23.7. The van der Waals surface area contributed by atoms with Gasteiger partial charge in [-0.1, -0.05) is 48.5 Å². The number of carbonyl (C=O) groups excluding carboxylic acids is 1. The molecule has 2 rings (SSSR count). The highest BCUT2D eigenvalue weighted by Crippen LogP contribution is 2.13. The van der Waals surface area contributed by atoms with Gasteiger partial charge < -0.3 is 9.84 Å². The fourth-order valence-electron chi connectivity index (χ4n) is 2.77. The number of aryl methyl sites for hydroxylation is 3. The van der Waals surface area contributed by atoms with E-state index in [4.69, 9.17) is 4.74 Å². The number of rotatable bonds is 9. The molecule has 5 heteroatoms. The van der Waals surface area contributed by atoms with Crippen LogP contribution >= 0.6 is 0 Å². The fraction of sp³-hybridized carbons (Fsp3) is 0.364. The van der Waals surface area contributed by atoms with Crippen LogP contribution in [-0.4, -0.2) is 29.1 Å². The van der Waals surface area contributed by atoms with Gasteiger partial charge >= 0.3 is 11.9 Å². The van der Waals surface area contributed by atoms with Gasteiger partial charge in [0.05, 0.1) is 0 Å². The lowest BCUT2D eigenvalue weighted by atomic mass is 10.0. The SMILES string of the molecule is Cc1ccc(CC[C@H](N[C@H](C)C(=O)OCc2ccccc2)C(=O)O)cc1C. The number of carboxylic acid groups (broad SMARTS) is 1. The van der Waals surface area contributed by atoms with Crippen molar-refractivity contribution in [3.05, 3.63) is 70.8 Å². The number of carbonyl (C=O) groups is 2. The number of nitrogens with one attached hydrogen (secondary N) is 1. The Morgan fingerprint density at radius 3 is 2.37 bits per heavy atom. The van der Waals surface area contributed by atoms with Crippen molar-refractivity contribution in [2.75, 3.05) is 0 Å². The summed E-state index contributed by atoms with van der Waals surface area (Å²) in [5.41, 5.74) is 4.37. The maximum atomic E-state index is 12.2. The Bertz CT molecular complexity index is 773. The lowest BCUT2D eigenvalue weighted by molar-refractivity contribution is -0.148. The van der Waals surface area contributed by atoms with E-state index in [1.54, 1.807) is 6.92 Å². The number of aliphatic carboxylic acids is 1. The third-order valence-electron chi connectivity index (χ3n) is 4.62. The summed E-state index contributed by atoms with van der Waals surface area (Å²) in [6.07, 6.45) is 1.02. The molecule has 0 heterocycles. The van der Waals surface area contributed by atoms with E-state index < -0.39 is 24.0 Å². The highest BCUT2D eigenvalue weighted by atomic mass is 16.5. The molecule has 2 aromatic rings. The molecular weight excluding hydrogens is 342 g/mol. The second kappa shape index (κ2) is 9.88. The molecule has 0 amide bonds. The van der Waals surface area contributed by atoms with Crippen molar-refractivity contribution in [3.63, 3.8) is 0 Å². The third-order valence-corrected chi connectivity index (χ3v) is 4.62. The summed E-state index contributed by atoms with van der Waals surface area (Å²) in [5, 5.41) is 12.3. The average Bonchev–Trinajstić information content (AvgIpc) is 2.66. The number of hydrogen-bond acceptors (Lipinski definition) is 4. The predicted octanol–water partition coefficient (Wildman–Crippen LogP) is 3.41. The Hall–Kier alpha value is -2.66. The van der Waals surface area contributed by atoms with E-state index >= 15 is 0 Å². The van der Waals surface area contributed by atoms with E-state index in [-0.39, 0.29) is 6.61 Å². The van der Waals surface area contributed by atoms with Crippen molar-refractivity contribution in [3.8, 4) is 0 Å². The molecule has 0 spiro atoms. The van der Waals surface area contributed by atoms with Gasteiger partial charge in [-0.15, -0.1) is 0 Å². The Kier molecular flexibility index (Phi) is 7.55. The molecule has 144 valence electrons. The molecule has 0 unspecified atom stereocenters. The quantitative estimate of drug-likeness (QED) is 0.663. The van der Waals surface area contributed by atoms with Crippen LogP contribution in [0, 0.1) is 13.8 Å². The van der Waals surface area contributed by atoms with Gasteiger partial charge in [-0.2, -0.15) is 0 Å². The first-order valence-corrected chi connectivity index (χ1v) is 9.12. The molecule has 5 nitrogen and oxygen atoms in total. The molecular formula is C22H27NO4. The summed E-state index contributed by atoms with van der Waals surface area (Å²) < 4.78 is 5.27. The zero-order valence-electron chi connectivity index (χ0n) is 16.1. The average molecular weight is 369 g/mol. The summed E-state index contributed by atoms with van der Waals surface area (Å²) in [5.74, 6) is -1.43. The van der Waals surface area contributed by atoms with Gasteiger partial charge in [0.15, 0.2) is 0 Å². The van der Waals surface area contributed by atoms with Crippen LogP contribution in [0.25, 0.3) is 0 Å². The minimum absolute atomic E-state index is 0.173. The number of ether oxygens (including phenoxy) is 1. The number of esters is 1. The van der Waals surface area contributed by atoms with Gasteiger partial charge in [0, 0.05) is 0 Å². The molecule has 2 aromatic carbocycles. The number of carboxylic acids is 1. The lowest BCUT2D eigenvalue weighted by Gasteiger charge is -2.19. The number of hydrogen-bond donors (Lipinski definition) is 2. The first-order valence-electron chi connectivity index (χ1n) is 9.12. The largest absolute Gasteiger partial charge is 0.480 e. The molecule has 2 atom stereocenters. The molecule has 0 aromatic heterocycles.